The van der Waals surface area contributed by atoms with Crippen LogP contribution in [0.25, 0.3) is 0 Å². The van der Waals surface area contributed by atoms with Crippen LogP contribution in [0, 0.1) is 5.41 Å². The van der Waals surface area contributed by atoms with Crippen LogP contribution >= 0.6 is 0 Å². The maximum absolute atomic E-state index is 9.56. The highest BCUT2D eigenvalue weighted by molar-refractivity contribution is 5.39. The minimum atomic E-state index is -0.161. The van der Waals surface area contributed by atoms with Gasteiger partial charge in [-0.3, -0.25) is 0 Å². The number of nitrogens with two attached hydrogens (primary N) is 1. The van der Waals surface area contributed by atoms with Gasteiger partial charge in [0, 0.05) is 30.0 Å². The van der Waals surface area contributed by atoms with Gasteiger partial charge < -0.3 is 15.6 Å². The van der Waals surface area contributed by atoms with Crippen molar-refractivity contribution >= 4 is 0 Å². The number of aliphatic hydroxyl groups is 1. The van der Waals surface area contributed by atoms with Crippen molar-refractivity contribution < 1.29 is 9.84 Å². The molecule has 0 spiro atoms. The van der Waals surface area contributed by atoms with E-state index in [0.717, 1.165) is 18.6 Å². The van der Waals surface area contributed by atoms with E-state index in [1.165, 1.54) is 5.56 Å². The number of rotatable bonds is 5. The molecule has 2 unspecified atom stereocenters. The Kier molecular flexibility index (Phi) is 3.69. The molecule has 2 atom stereocenters. The maximum Gasteiger partial charge on any atom is 0.122 e. The summed E-state index contributed by atoms with van der Waals surface area (Å²) >= 11 is 0. The molecule has 3 nitrogen and oxygen atoms in total. The molecule has 0 aliphatic carbocycles. The van der Waals surface area contributed by atoms with Gasteiger partial charge in [-0.15, -0.1) is 0 Å². The van der Waals surface area contributed by atoms with Gasteiger partial charge in [-0.25, -0.2) is 0 Å². The molecule has 1 aromatic carbocycles. The molecule has 0 saturated carbocycles. The second-order valence-corrected chi connectivity index (χ2v) is 4.97. The van der Waals surface area contributed by atoms with E-state index in [9.17, 15) is 5.11 Å². The van der Waals surface area contributed by atoms with Gasteiger partial charge in [-0.2, -0.15) is 0 Å². The largest absolute Gasteiger partial charge is 0.493 e. The molecule has 0 saturated heterocycles. The molecule has 94 valence electrons. The van der Waals surface area contributed by atoms with E-state index in [4.69, 9.17) is 10.5 Å². The third kappa shape index (κ3) is 2.31. The van der Waals surface area contributed by atoms with E-state index in [-0.39, 0.29) is 12.0 Å². The smallest absolute Gasteiger partial charge is 0.122 e. The number of hydrogen-bond acceptors (Lipinski definition) is 3. The number of hydrogen-bond donors (Lipinski definition) is 2. The average molecular weight is 235 g/mol. The summed E-state index contributed by atoms with van der Waals surface area (Å²) < 4.78 is 5.67. The zero-order chi connectivity index (χ0) is 12.3. The van der Waals surface area contributed by atoms with Crippen LogP contribution in [-0.4, -0.2) is 24.9 Å². The van der Waals surface area contributed by atoms with Crippen LogP contribution in [0.3, 0.4) is 0 Å². The van der Waals surface area contributed by atoms with Crippen molar-refractivity contribution in [3.63, 3.8) is 0 Å². The van der Waals surface area contributed by atoms with E-state index in [1.54, 1.807) is 0 Å². The molecule has 0 amide bonds. The van der Waals surface area contributed by atoms with Crippen molar-refractivity contribution in [1.29, 1.82) is 0 Å². The third-order valence-corrected chi connectivity index (χ3v) is 4.00. The number of fused-ring (bicyclic) bond motifs is 1. The quantitative estimate of drug-likeness (QED) is 0.819. The van der Waals surface area contributed by atoms with Gasteiger partial charge in [-0.1, -0.05) is 25.1 Å². The van der Waals surface area contributed by atoms with E-state index in [1.807, 2.05) is 18.2 Å². The Morgan fingerprint density at radius 2 is 2.24 bits per heavy atom. The first-order valence-corrected chi connectivity index (χ1v) is 6.27. The van der Waals surface area contributed by atoms with Crippen LogP contribution in [-0.2, 0) is 0 Å². The van der Waals surface area contributed by atoms with Gasteiger partial charge in [-0.05, 0) is 18.9 Å². The second-order valence-electron chi connectivity index (χ2n) is 4.97. The van der Waals surface area contributed by atoms with Crippen molar-refractivity contribution in [2.24, 2.45) is 11.1 Å². The molecule has 0 radical (unpaired) electrons. The lowest BCUT2D eigenvalue weighted by molar-refractivity contribution is 0.105. The lowest BCUT2D eigenvalue weighted by Crippen LogP contribution is -2.35. The van der Waals surface area contributed by atoms with Crippen LogP contribution in [0.4, 0.5) is 0 Å². The summed E-state index contributed by atoms with van der Waals surface area (Å²) in [5.41, 5.74) is 6.92. The van der Waals surface area contributed by atoms with Gasteiger partial charge in [0.25, 0.3) is 0 Å². The van der Waals surface area contributed by atoms with Crippen LogP contribution in [0.5, 0.6) is 5.75 Å². The summed E-state index contributed by atoms with van der Waals surface area (Å²) in [6.45, 7) is 3.48. The van der Waals surface area contributed by atoms with E-state index in [2.05, 4.69) is 13.0 Å². The second kappa shape index (κ2) is 5.07. The molecule has 1 aliphatic rings. The molecule has 0 aromatic heterocycles. The molecule has 3 N–H and O–H groups in total. The fourth-order valence-corrected chi connectivity index (χ4v) is 2.53. The van der Waals surface area contributed by atoms with Gasteiger partial charge >= 0.3 is 0 Å². The highest BCUT2D eigenvalue weighted by Gasteiger charge is 2.34. The summed E-state index contributed by atoms with van der Waals surface area (Å²) in [4.78, 5) is 0. The number of aliphatic hydroxyl groups excluding tert-OH is 1. The Balaban J connectivity index is 2.16. The topological polar surface area (TPSA) is 55.5 Å². The maximum atomic E-state index is 9.56. The molecular weight excluding hydrogens is 214 g/mol. The zero-order valence-electron chi connectivity index (χ0n) is 10.4. The van der Waals surface area contributed by atoms with Gasteiger partial charge in [0.1, 0.15) is 5.75 Å². The van der Waals surface area contributed by atoms with Crippen molar-refractivity contribution in [1.82, 2.24) is 0 Å². The normalized spacial score (nSPS) is 21.7. The van der Waals surface area contributed by atoms with Crippen molar-refractivity contribution in [3.05, 3.63) is 29.8 Å². The average Bonchev–Trinajstić information content (AvgIpc) is 2.79. The lowest BCUT2D eigenvalue weighted by Gasteiger charge is -2.31. The molecule has 1 aromatic rings. The fourth-order valence-electron chi connectivity index (χ4n) is 2.53. The van der Waals surface area contributed by atoms with Crippen LogP contribution in [0.15, 0.2) is 24.3 Å². The highest BCUT2D eigenvalue weighted by atomic mass is 16.5. The minimum absolute atomic E-state index is 0.151. The Hall–Kier alpha value is -1.06. The Morgan fingerprint density at radius 3 is 2.88 bits per heavy atom. The first-order valence-electron chi connectivity index (χ1n) is 6.27. The summed E-state index contributed by atoms with van der Waals surface area (Å²) in [6, 6.07) is 8.14. The summed E-state index contributed by atoms with van der Waals surface area (Å²) in [6.07, 6.45) is 1.80. The SMILES string of the molecule is CCC(CN)(CO)CC1COc2ccccc21. The molecule has 1 heterocycles. The predicted octanol–water partition coefficient (Wildman–Crippen LogP) is 1.90. The van der Waals surface area contributed by atoms with Crippen LogP contribution in [0.2, 0.25) is 0 Å². The summed E-state index contributed by atoms with van der Waals surface area (Å²) in [5, 5.41) is 9.56. The molecule has 2 rings (SSSR count). The molecular formula is C14H21NO2. The molecule has 1 aliphatic heterocycles. The van der Waals surface area contributed by atoms with E-state index in [0.29, 0.717) is 19.1 Å². The van der Waals surface area contributed by atoms with Gasteiger partial charge in [0.2, 0.25) is 0 Å². The first kappa shape index (κ1) is 12.4. The monoisotopic (exact) mass is 235 g/mol. The first-order chi connectivity index (χ1) is 8.24. The van der Waals surface area contributed by atoms with Crippen molar-refractivity contribution in [2.45, 2.75) is 25.7 Å². The zero-order valence-corrected chi connectivity index (χ0v) is 10.4. The fraction of sp³-hybridized carbons (Fsp3) is 0.571. The third-order valence-electron chi connectivity index (χ3n) is 4.00. The molecule has 17 heavy (non-hydrogen) atoms. The summed E-state index contributed by atoms with van der Waals surface area (Å²) in [5.74, 6) is 1.35. The Morgan fingerprint density at radius 1 is 1.47 bits per heavy atom. The Bertz CT molecular complexity index is 366. The van der Waals surface area contributed by atoms with Gasteiger partial charge in [0.05, 0.1) is 6.61 Å². The molecule has 0 bridgehead atoms. The van der Waals surface area contributed by atoms with Crippen molar-refractivity contribution in [3.8, 4) is 5.75 Å². The van der Waals surface area contributed by atoms with E-state index < -0.39 is 0 Å². The Labute approximate surface area is 103 Å². The van der Waals surface area contributed by atoms with Crippen LogP contribution < -0.4 is 10.5 Å². The number of para-hydroxylation sites is 1. The lowest BCUT2D eigenvalue weighted by atomic mass is 9.76. The standard InChI is InChI=1S/C14H21NO2/c1-2-14(9-15,10-16)7-11-8-17-13-6-4-3-5-12(11)13/h3-6,11,16H,2,7-10,15H2,1H3. The number of benzene rings is 1. The van der Waals surface area contributed by atoms with Crippen molar-refractivity contribution in [2.75, 3.05) is 19.8 Å². The minimum Gasteiger partial charge on any atom is -0.493 e. The number of ether oxygens (including phenoxy) is 1. The van der Waals surface area contributed by atoms with Gasteiger partial charge in [0.15, 0.2) is 0 Å². The highest BCUT2D eigenvalue weighted by Crippen LogP contribution is 2.41. The molecule has 0 fully saturated rings. The summed E-state index contributed by atoms with van der Waals surface area (Å²) in [7, 11) is 0. The predicted molar refractivity (Wildman–Crippen MR) is 68.2 cm³/mol. The van der Waals surface area contributed by atoms with Crippen LogP contribution in [0.1, 0.15) is 31.2 Å². The van der Waals surface area contributed by atoms with E-state index >= 15 is 0 Å². The molecule has 3 heteroatoms.